The van der Waals surface area contributed by atoms with Crippen molar-refractivity contribution in [2.45, 2.75) is 13.8 Å². The number of aldehydes is 1. The second kappa shape index (κ2) is 3.49. The molecule has 1 N–H and O–H groups in total. The van der Waals surface area contributed by atoms with Gasteiger partial charge in [-0.05, 0) is 19.4 Å². The van der Waals surface area contributed by atoms with Crippen LogP contribution in [0.2, 0.25) is 0 Å². The minimum absolute atomic E-state index is 0.0231. The van der Waals surface area contributed by atoms with E-state index in [2.05, 4.69) is 6.58 Å². The SMILES string of the molecule is C=Cn1c(C)c(C)c(C=O)c1C(=O)O. The van der Waals surface area contributed by atoms with Gasteiger partial charge in [-0.25, -0.2) is 4.79 Å². The molecule has 1 heterocycles. The van der Waals surface area contributed by atoms with Gasteiger partial charge in [-0.2, -0.15) is 0 Å². The van der Waals surface area contributed by atoms with Gasteiger partial charge in [0.15, 0.2) is 6.29 Å². The van der Waals surface area contributed by atoms with Crippen molar-refractivity contribution < 1.29 is 14.7 Å². The first-order chi connectivity index (χ1) is 6.54. The van der Waals surface area contributed by atoms with E-state index < -0.39 is 5.97 Å². The molecule has 0 spiro atoms. The van der Waals surface area contributed by atoms with Gasteiger partial charge in [0, 0.05) is 11.9 Å². The van der Waals surface area contributed by atoms with Gasteiger partial charge >= 0.3 is 5.97 Å². The molecule has 0 aliphatic carbocycles. The highest BCUT2D eigenvalue weighted by atomic mass is 16.4. The van der Waals surface area contributed by atoms with E-state index >= 15 is 0 Å². The third kappa shape index (κ3) is 1.25. The fraction of sp³-hybridized carbons (Fsp3) is 0.200. The molecule has 0 bridgehead atoms. The second-order valence-electron chi connectivity index (χ2n) is 2.95. The number of hydrogen-bond acceptors (Lipinski definition) is 2. The van der Waals surface area contributed by atoms with Crippen LogP contribution in [0.3, 0.4) is 0 Å². The molecular weight excluding hydrogens is 182 g/mol. The molecule has 74 valence electrons. The highest BCUT2D eigenvalue weighted by Crippen LogP contribution is 2.20. The monoisotopic (exact) mass is 193 g/mol. The van der Waals surface area contributed by atoms with E-state index in [0.29, 0.717) is 11.8 Å². The molecule has 1 aromatic heterocycles. The van der Waals surface area contributed by atoms with Crippen molar-refractivity contribution in [3.05, 3.63) is 29.1 Å². The quantitative estimate of drug-likeness (QED) is 0.743. The Bertz CT molecular complexity index is 384. The number of carbonyl (C=O) groups excluding carboxylic acids is 1. The fourth-order valence-corrected chi connectivity index (χ4v) is 1.44. The first-order valence-corrected chi connectivity index (χ1v) is 4.07. The zero-order valence-electron chi connectivity index (χ0n) is 8.07. The number of rotatable bonds is 3. The first-order valence-electron chi connectivity index (χ1n) is 4.07. The molecule has 0 fully saturated rings. The third-order valence-electron chi connectivity index (χ3n) is 2.31. The second-order valence-corrected chi connectivity index (χ2v) is 2.95. The lowest BCUT2D eigenvalue weighted by Gasteiger charge is -2.00. The Hall–Kier alpha value is -1.84. The summed E-state index contributed by atoms with van der Waals surface area (Å²) in [5, 5.41) is 8.92. The molecule has 0 saturated carbocycles. The molecule has 0 aliphatic heterocycles. The van der Waals surface area contributed by atoms with Gasteiger partial charge in [-0.15, -0.1) is 0 Å². The topological polar surface area (TPSA) is 59.3 Å². The Morgan fingerprint density at radius 2 is 2.07 bits per heavy atom. The van der Waals surface area contributed by atoms with Gasteiger partial charge in [0.1, 0.15) is 5.69 Å². The molecule has 14 heavy (non-hydrogen) atoms. The van der Waals surface area contributed by atoms with Crippen LogP contribution in [0.1, 0.15) is 32.1 Å². The molecule has 1 rings (SSSR count). The van der Waals surface area contributed by atoms with Crippen molar-refractivity contribution in [3.8, 4) is 0 Å². The molecular formula is C10H11NO3. The average Bonchev–Trinajstić information content (AvgIpc) is 2.39. The van der Waals surface area contributed by atoms with E-state index in [1.807, 2.05) is 0 Å². The Kier molecular flexibility index (Phi) is 2.56. The van der Waals surface area contributed by atoms with Gasteiger partial charge in [-0.1, -0.05) is 6.58 Å². The van der Waals surface area contributed by atoms with Crippen molar-refractivity contribution in [2.75, 3.05) is 0 Å². The van der Waals surface area contributed by atoms with Crippen LogP contribution in [-0.4, -0.2) is 21.9 Å². The largest absolute Gasteiger partial charge is 0.477 e. The molecule has 0 saturated heterocycles. The number of hydrogen-bond donors (Lipinski definition) is 1. The molecule has 4 heteroatoms. The van der Waals surface area contributed by atoms with Gasteiger partial charge in [0.25, 0.3) is 0 Å². The van der Waals surface area contributed by atoms with Crippen LogP contribution in [0.5, 0.6) is 0 Å². The van der Waals surface area contributed by atoms with Crippen LogP contribution in [0.15, 0.2) is 6.58 Å². The summed E-state index contributed by atoms with van der Waals surface area (Å²) >= 11 is 0. The van der Waals surface area contributed by atoms with Gasteiger partial charge in [-0.3, -0.25) is 4.79 Å². The Morgan fingerprint density at radius 1 is 1.50 bits per heavy atom. The zero-order valence-corrected chi connectivity index (χ0v) is 8.07. The Labute approximate surface area is 81.5 Å². The van der Waals surface area contributed by atoms with E-state index in [1.165, 1.54) is 10.8 Å². The fourth-order valence-electron chi connectivity index (χ4n) is 1.44. The summed E-state index contributed by atoms with van der Waals surface area (Å²) in [6, 6.07) is 0. The van der Waals surface area contributed by atoms with Crippen LogP contribution in [0, 0.1) is 13.8 Å². The maximum absolute atomic E-state index is 10.9. The third-order valence-corrected chi connectivity index (χ3v) is 2.31. The molecule has 4 nitrogen and oxygen atoms in total. The van der Waals surface area contributed by atoms with Crippen molar-refractivity contribution in [3.63, 3.8) is 0 Å². The van der Waals surface area contributed by atoms with Crippen molar-refractivity contribution in [1.29, 1.82) is 0 Å². The summed E-state index contributed by atoms with van der Waals surface area (Å²) in [6.45, 7) is 6.97. The van der Waals surface area contributed by atoms with Gasteiger partial charge in [0.05, 0.1) is 5.56 Å². The van der Waals surface area contributed by atoms with Crippen molar-refractivity contribution in [2.24, 2.45) is 0 Å². The van der Waals surface area contributed by atoms with Crippen LogP contribution in [0.4, 0.5) is 0 Å². The van der Waals surface area contributed by atoms with Gasteiger partial charge in [0.2, 0.25) is 0 Å². The highest BCUT2D eigenvalue weighted by Gasteiger charge is 2.20. The first kappa shape index (κ1) is 10.2. The van der Waals surface area contributed by atoms with E-state index in [0.717, 1.165) is 5.69 Å². The minimum Gasteiger partial charge on any atom is -0.477 e. The predicted octanol–water partition coefficient (Wildman–Crippen LogP) is 1.72. The van der Waals surface area contributed by atoms with E-state index in [1.54, 1.807) is 13.8 Å². The molecule has 0 atom stereocenters. The van der Waals surface area contributed by atoms with Crippen LogP contribution >= 0.6 is 0 Å². The maximum Gasteiger partial charge on any atom is 0.353 e. The van der Waals surface area contributed by atoms with Crippen LogP contribution in [0.25, 0.3) is 6.20 Å². The van der Waals surface area contributed by atoms with Crippen LogP contribution < -0.4 is 0 Å². The number of carboxylic acids is 1. The molecule has 0 radical (unpaired) electrons. The summed E-state index contributed by atoms with van der Waals surface area (Å²) in [4.78, 5) is 21.6. The van der Waals surface area contributed by atoms with Crippen LogP contribution in [-0.2, 0) is 0 Å². The van der Waals surface area contributed by atoms with Gasteiger partial charge < -0.3 is 9.67 Å². The molecule has 0 aliphatic rings. The zero-order chi connectivity index (χ0) is 10.9. The summed E-state index contributed by atoms with van der Waals surface area (Å²) in [5.74, 6) is -1.12. The number of aromatic nitrogens is 1. The van der Waals surface area contributed by atoms with Crippen molar-refractivity contribution >= 4 is 18.5 Å². The summed E-state index contributed by atoms with van der Waals surface area (Å²) in [7, 11) is 0. The Balaban J connectivity index is 3.65. The van der Waals surface area contributed by atoms with E-state index in [-0.39, 0.29) is 11.3 Å². The Morgan fingerprint density at radius 3 is 2.43 bits per heavy atom. The lowest BCUT2D eigenvalue weighted by molar-refractivity contribution is 0.0685. The van der Waals surface area contributed by atoms with E-state index in [4.69, 9.17) is 5.11 Å². The summed E-state index contributed by atoms with van der Waals surface area (Å²) in [5.41, 5.74) is 1.59. The number of aromatic carboxylic acids is 1. The lowest BCUT2D eigenvalue weighted by atomic mass is 10.1. The van der Waals surface area contributed by atoms with E-state index in [9.17, 15) is 9.59 Å². The standard InChI is InChI=1S/C10H11NO3/c1-4-11-7(3)6(2)8(5-12)9(11)10(13)14/h4-5H,1H2,2-3H3,(H,13,14). The predicted molar refractivity (Wildman–Crippen MR) is 52.6 cm³/mol. The number of carboxylic acid groups (broad SMARTS) is 1. The average molecular weight is 193 g/mol. The normalized spacial score (nSPS) is 9.86. The minimum atomic E-state index is -1.12. The molecule has 1 aromatic rings. The molecule has 0 unspecified atom stereocenters. The number of carbonyl (C=O) groups is 2. The highest BCUT2D eigenvalue weighted by molar-refractivity contribution is 5.98. The van der Waals surface area contributed by atoms with Crippen molar-refractivity contribution in [1.82, 2.24) is 4.57 Å². The lowest BCUT2D eigenvalue weighted by Crippen LogP contribution is -2.06. The summed E-state index contributed by atoms with van der Waals surface area (Å²) < 4.78 is 1.40. The smallest absolute Gasteiger partial charge is 0.353 e. The molecule has 0 aromatic carbocycles. The number of nitrogens with zero attached hydrogens (tertiary/aromatic N) is 1. The maximum atomic E-state index is 10.9. The summed E-state index contributed by atoms with van der Waals surface area (Å²) in [6.07, 6.45) is 1.95. The molecule has 0 amide bonds.